The van der Waals surface area contributed by atoms with Crippen LogP contribution in [0, 0.1) is 5.82 Å². The van der Waals surface area contributed by atoms with Crippen molar-refractivity contribution in [2.24, 2.45) is 0 Å². The summed E-state index contributed by atoms with van der Waals surface area (Å²) in [5, 5.41) is 0.851. The molecule has 8 nitrogen and oxygen atoms in total. The molecule has 5 rings (SSSR count). The molecule has 1 aliphatic rings. The van der Waals surface area contributed by atoms with Crippen LogP contribution in [0.4, 0.5) is 15.0 Å². The third kappa shape index (κ3) is 4.70. The highest BCUT2D eigenvalue weighted by molar-refractivity contribution is 6.30. The number of hydrogen-bond donors (Lipinski definition) is 0. The first-order valence-electron chi connectivity index (χ1n) is 11.7. The van der Waals surface area contributed by atoms with Gasteiger partial charge < -0.3 is 19.1 Å². The molecule has 1 fully saturated rings. The number of amides is 1. The second-order valence-corrected chi connectivity index (χ2v) is 9.98. The van der Waals surface area contributed by atoms with E-state index in [4.69, 9.17) is 16.3 Å². The summed E-state index contributed by atoms with van der Waals surface area (Å²) in [6, 6.07) is 10.3. The van der Waals surface area contributed by atoms with Crippen LogP contribution in [0.5, 0.6) is 0 Å². The molecule has 0 atom stereocenters. The molecule has 0 N–H and O–H groups in total. The summed E-state index contributed by atoms with van der Waals surface area (Å²) >= 11 is 6.09. The molecular formula is C26H26ClFN6O2. The molecule has 1 aliphatic heterocycles. The second kappa shape index (κ2) is 9.39. The maximum absolute atomic E-state index is 13.9. The largest absolute Gasteiger partial charge is 0.444 e. The minimum Gasteiger partial charge on any atom is -0.444 e. The zero-order valence-electron chi connectivity index (χ0n) is 20.3. The minimum absolute atomic E-state index is 0.0290. The Morgan fingerprint density at radius 1 is 1.06 bits per heavy atom. The summed E-state index contributed by atoms with van der Waals surface area (Å²) in [6.45, 7) is 7.76. The van der Waals surface area contributed by atoms with Gasteiger partial charge in [0.2, 0.25) is 0 Å². The van der Waals surface area contributed by atoms with Gasteiger partial charge in [0.05, 0.1) is 16.1 Å². The minimum atomic E-state index is -0.545. The number of anilines is 1. The van der Waals surface area contributed by atoms with E-state index in [0.717, 1.165) is 22.5 Å². The number of carbonyl (C=O) groups excluding carboxylic acids is 1. The number of piperazine rings is 1. The fraction of sp³-hybridized carbons (Fsp3) is 0.308. The number of hydrogen-bond acceptors (Lipinski definition) is 6. The number of fused-ring (bicyclic) bond motifs is 1. The average molecular weight is 509 g/mol. The third-order valence-electron chi connectivity index (χ3n) is 5.92. The van der Waals surface area contributed by atoms with Gasteiger partial charge in [-0.25, -0.2) is 19.2 Å². The number of nitrogens with zero attached hydrogens (tertiary/aromatic N) is 6. The van der Waals surface area contributed by atoms with Gasteiger partial charge in [-0.1, -0.05) is 17.7 Å². The van der Waals surface area contributed by atoms with Gasteiger partial charge in [-0.2, -0.15) is 0 Å². The topological polar surface area (TPSA) is 76.4 Å². The van der Waals surface area contributed by atoms with E-state index in [0.29, 0.717) is 37.5 Å². The van der Waals surface area contributed by atoms with Crippen LogP contribution in [0.15, 0.2) is 55.1 Å². The highest BCUT2D eigenvalue weighted by Crippen LogP contribution is 2.36. The Morgan fingerprint density at radius 2 is 1.83 bits per heavy atom. The molecule has 1 aromatic carbocycles. The summed E-state index contributed by atoms with van der Waals surface area (Å²) in [6.07, 6.45) is 4.85. The summed E-state index contributed by atoms with van der Waals surface area (Å²) in [5.74, 6) is 0.261. The van der Waals surface area contributed by atoms with E-state index in [1.165, 1.54) is 12.4 Å². The fourth-order valence-electron chi connectivity index (χ4n) is 4.26. The molecule has 4 heterocycles. The van der Waals surface area contributed by atoms with Gasteiger partial charge in [-0.15, -0.1) is 0 Å². The van der Waals surface area contributed by atoms with E-state index in [1.54, 1.807) is 23.2 Å². The van der Waals surface area contributed by atoms with Crippen molar-refractivity contribution in [1.82, 2.24) is 24.4 Å². The van der Waals surface area contributed by atoms with Crippen molar-refractivity contribution in [2.75, 3.05) is 31.1 Å². The first-order chi connectivity index (χ1) is 17.2. The highest BCUT2D eigenvalue weighted by Gasteiger charge is 2.28. The van der Waals surface area contributed by atoms with E-state index in [2.05, 4.69) is 19.9 Å². The van der Waals surface area contributed by atoms with Crippen molar-refractivity contribution in [2.45, 2.75) is 26.4 Å². The van der Waals surface area contributed by atoms with Gasteiger partial charge in [-0.05, 0) is 51.1 Å². The molecule has 1 saturated heterocycles. The Balaban J connectivity index is 1.55. The standard InChI is InChI=1S/C26H26ClFN6O2/c1-26(2,3)36-25(35)33-12-10-32(11-13-33)23-22-18(21-6-4-5-9-29-21)15-34(24(22)31-16-30-23)17-7-8-20(28)19(27)14-17/h4-9,14-16H,10-13H2,1-3H3. The van der Waals surface area contributed by atoms with E-state index < -0.39 is 11.4 Å². The van der Waals surface area contributed by atoms with Crippen LogP contribution < -0.4 is 4.90 Å². The number of aromatic nitrogens is 4. The predicted molar refractivity (Wildman–Crippen MR) is 137 cm³/mol. The highest BCUT2D eigenvalue weighted by atomic mass is 35.5. The summed E-state index contributed by atoms with van der Waals surface area (Å²) in [4.78, 5) is 30.1. The molecule has 0 bridgehead atoms. The van der Waals surface area contributed by atoms with Crippen LogP contribution in [0.3, 0.4) is 0 Å². The smallest absolute Gasteiger partial charge is 0.410 e. The van der Waals surface area contributed by atoms with E-state index in [-0.39, 0.29) is 11.1 Å². The van der Waals surface area contributed by atoms with Crippen LogP contribution in [0.1, 0.15) is 20.8 Å². The predicted octanol–water partition coefficient (Wildman–Crippen LogP) is 5.33. The van der Waals surface area contributed by atoms with E-state index in [9.17, 15) is 9.18 Å². The van der Waals surface area contributed by atoms with Crippen molar-refractivity contribution in [3.05, 3.63) is 66.0 Å². The third-order valence-corrected chi connectivity index (χ3v) is 6.21. The van der Waals surface area contributed by atoms with Gasteiger partial charge in [0.15, 0.2) is 5.65 Å². The first kappa shape index (κ1) is 24.0. The monoisotopic (exact) mass is 508 g/mol. The summed E-state index contributed by atoms with van der Waals surface area (Å²) in [5.41, 5.74) is 2.39. The lowest BCUT2D eigenvalue weighted by Gasteiger charge is -2.36. The van der Waals surface area contributed by atoms with Crippen LogP contribution >= 0.6 is 11.6 Å². The van der Waals surface area contributed by atoms with Crippen molar-refractivity contribution in [1.29, 1.82) is 0 Å². The Bertz CT molecular complexity index is 1410. The molecule has 36 heavy (non-hydrogen) atoms. The molecule has 0 spiro atoms. The Kier molecular flexibility index (Phi) is 6.26. The molecule has 0 saturated carbocycles. The number of benzene rings is 1. The Labute approximate surface area is 213 Å². The fourth-order valence-corrected chi connectivity index (χ4v) is 4.44. The van der Waals surface area contributed by atoms with Gasteiger partial charge in [0.1, 0.15) is 23.6 Å². The molecule has 0 aliphatic carbocycles. The Hall–Kier alpha value is -3.72. The molecule has 1 amide bonds. The molecule has 0 radical (unpaired) electrons. The number of ether oxygens (including phenoxy) is 1. The summed E-state index contributed by atoms with van der Waals surface area (Å²) in [7, 11) is 0. The van der Waals surface area contributed by atoms with Crippen molar-refractivity contribution >= 4 is 34.5 Å². The molecule has 0 unspecified atom stereocenters. The van der Waals surface area contributed by atoms with Crippen molar-refractivity contribution in [3.63, 3.8) is 0 Å². The molecular weight excluding hydrogens is 483 g/mol. The molecule has 4 aromatic rings. The lowest BCUT2D eigenvalue weighted by atomic mass is 10.1. The van der Waals surface area contributed by atoms with Crippen LogP contribution in [-0.2, 0) is 4.74 Å². The van der Waals surface area contributed by atoms with Crippen LogP contribution in [-0.4, -0.2) is 62.3 Å². The average Bonchev–Trinajstić information content (AvgIpc) is 3.25. The number of pyridine rings is 1. The van der Waals surface area contributed by atoms with E-state index in [1.807, 2.05) is 49.7 Å². The zero-order chi connectivity index (χ0) is 25.4. The SMILES string of the molecule is CC(C)(C)OC(=O)N1CCN(c2ncnc3c2c(-c2ccccn2)cn3-c2ccc(F)c(Cl)c2)CC1. The summed E-state index contributed by atoms with van der Waals surface area (Å²) < 4.78 is 21.3. The number of halogens is 2. The molecule has 10 heteroatoms. The van der Waals surface area contributed by atoms with Crippen LogP contribution in [0.25, 0.3) is 28.0 Å². The van der Waals surface area contributed by atoms with Gasteiger partial charge in [0, 0.05) is 49.8 Å². The van der Waals surface area contributed by atoms with E-state index >= 15 is 0 Å². The normalized spacial score (nSPS) is 14.4. The lowest BCUT2D eigenvalue weighted by Crippen LogP contribution is -2.50. The van der Waals surface area contributed by atoms with Gasteiger partial charge >= 0.3 is 6.09 Å². The van der Waals surface area contributed by atoms with Crippen molar-refractivity contribution < 1.29 is 13.9 Å². The first-order valence-corrected chi connectivity index (χ1v) is 12.0. The molecule has 186 valence electrons. The number of carbonyl (C=O) groups is 1. The van der Waals surface area contributed by atoms with Crippen LogP contribution in [0.2, 0.25) is 5.02 Å². The second-order valence-electron chi connectivity index (χ2n) is 9.58. The molecule has 3 aromatic heterocycles. The number of rotatable bonds is 3. The zero-order valence-corrected chi connectivity index (χ0v) is 21.0. The lowest BCUT2D eigenvalue weighted by molar-refractivity contribution is 0.0240. The maximum Gasteiger partial charge on any atom is 0.410 e. The quantitative estimate of drug-likeness (QED) is 0.372. The Morgan fingerprint density at radius 3 is 2.50 bits per heavy atom. The van der Waals surface area contributed by atoms with Gasteiger partial charge in [-0.3, -0.25) is 4.98 Å². The maximum atomic E-state index is 13.9. The van der Waals surface area contributed by atoms with Gasteiger partial charge in [0.25, 0.3) is 0 Å². The van der Waals surface area contributed by atoms with Crippen molar-refractivity contribution in [3.8, 4) is 16.9 Å².